The van der Waals surface area contributed by atoms with E-state index in [-0.39, 0.29) is 23.0 Å². The Hall–Kier alpha value is -1.99. The van der Waals surface area contributed by atoms with E-state index in [1.807, 2.05) is 6.07 Å². The van der Waals surface area contributed by atoms with Crippen LogP contribution in [0.1, 0.15) is 10.4 Å². The van der Waals surface area contributed by atoms with Crippen molar-refractivity contribution in [2.24, 2.45) is 0 Å². The molecule has 0 spiro atoms. The predicted octanol–water partition coefficient (Wildman–Crippen LogP) is 4.70. The molecule has 0 aromatic heterocycles. The summed E-state index contributed by atoms with van der Waals surface area (Å²) in [7, 11) is 1.34. The Labute approximate surface area is 152 Å². The lowest BCUT2D eigenvalue weighted by atomic mass is 10.1. The Bertz CT molecular complexity index is 803. The number of halogens is 3. The third-order valence-electron chi connectivity index (χ3n) is 3.66. The van der Waals surface area contributed by atoms with Crippen LogP contribution < -0.4 is 14.4 Å². The quantitative estimate of drug-likeness (QED) is 0.764. The summed E-state index contributed by atoms with van der Waals surface area (Å²) in [6.45, 7) is -2.52. The topological polar surface area (TPSA) is 38.8 Å². The number of nitrogens with zero attached hydrogens (tertiary/aromatic N) is 1. The molecule has 0 fully saturated rings. The van der Waals surface area contributed by atoms with Crippen LogP contribution in [-0.4, -0.2) is 31.9 Å². The molecule has 0 unspecified atom stereocenters. The van der Waals surface area contributed by atoms with E-state index >= 15 is 0 Å². The normalized spacial score (nSPS) is 13.6. The maximum Gasteiger partial charge on any atom is 0.387 e. The summed E-state index contributed by atoms with van der Waals surface area (Å²) in [5.74, 6) is 0.373. The summed E-state index contributed by atoms with van der Waals surface area (Å²) < 4.78 is 34.6. The van der Waals surface area contributed by atoms with Crippen molar-refractivity contribution in [1.82, 2.24) is 0 Å². The summed E-state index contributed by atoms with van der Waals surface area (Å²) in [5, 5.41) is 0.524. The highest BCUT2D eigenvalue weighted by molar-refractivity contribution is 7.99. The number of thioether (sulfide) groups is 1. The van der Waals surface area contributed by atoms with Gasteiger partial charge >= 0.3 is 6.61 Å². The lowest BCUT2D eigenvalue weighted by Crippen LogP contribution is -2.35. The van der Waals surface area contributed by atoms with Gasteiger partial charge in [-0.2, -0.15) is 8.78 Å². The maximum atomic E-state index is 12.9. The number of hydrogen-bond acceptors (Lipinski definition) is 4. The van der Waals surface area contributed by atoms with Gasteiger partial charge in [0.1, 0.15) is 0 Å². The fourth-order valence-electron chi connectivity index (χ4n) is 2.56. The molecule has 0 saturated heterocycles. The summed E-state index contributed by atoms with van der Waals surface area (Å²) in [5.41, 5.74) is 0.940. The molecule has 0 bridgehead atoms. The van der Waals surface area contributed by atoms with Gasteiger partial charge in [0, 0.05) is 27.8 Å². The summed E-state index contributed by atoms with van der Waals surface area (Å²) in [4.78, 5) is 15.4. The summed E-state index contributed by atoms with van der Waals surface area (Å²) >= 11 is 7.68. The van der Waals surface area contributed by atoms with Gasteiger partial charge < -0.3 is 14.4 Å². The smallest absolute Gasteiger partial charge is 0.387 e. The van der Waals surface area contributed by atoms with Gasteiger partial charge in [-0.3, -0.25) is 4.79 Å². The van der Waals surface area contributed by atoms with Crippen molar-refractivity contribution in [2.45, 2.75) is 11.5 Å². The lowest BCUT2D eigenvalue weighted by molar-refractivity contribution is -0.0512. The summed E-state index contributed by atoms with van der Waals surface area (Å²) in [6.07, 6.45) is 0. The number of carbonyl (C=O) groups excluding carboxylic acids is 1. The Morgan fingerprint density at radius 1 is 1.24 bits per heavy atom. The van der Waals surface area contributed by atoms with Crippen LogP contribution in [0.3, 0.4) is 0 Å². The van der Waals surface area contributed by atoms with Gasteiger partial charge in [0.05, 0.1) is 12.8 Å². The first kappa shape index (κ1) is 17.8. The van der Waals surface area contributed by atoms with Crippen molar-refractivity contribution in [3.8, 4) is 11.5 Å². The minimum atomic E-state index is -3.01. The minimum absolute atomic E-state index is 0.134. The van der Waals surface area contributed by atoms with E-state index in [4.69, 9.17) is 16.3 Å². The SMILES string of the molecule is COc1ccc(C(=O)N2CCSc3ccc(Cl)cc32)cc1OC(F)F. The molecule has 1 aliphatic rings. The molecule has 1 heterocycles. The number of anilines is 1. The largest absolute Gasteiger partial charge is 0.493 e. The van der Waals surface area contributed by atoms with Crippen LogP contribution in [0.25, 0.3) is 0 Å². The second-order valence-electron chi connectivity index (χ2n) is 5.16. The fourth-order valence-corrected chi connectivity index (χ4v) is 3.70. The molecular formula is C17H14ClF2NO3S. The number of hydrogen-bond donors (Lipinski definition) is 0. The van der Waals surface area contributed by atoms with Crippen molar-refractivity contribution in [2.75, 3.05) is 24.3 Å². The number of benzene rings is 2. The molecule has 0 N–H and O–H groups in total. The molecule has 1 aliphatic heterocycles. The lowest BCUT2D eigenvalue weighted by Gasteiger charge is -2.29. The Balaban J connectivity index is 1.95. The molecule has 0 radical (unpaired) electrons. The van der Waals surface area contributed by atoms with E-state index in [1.54, 1.807) is 28.8 Å². The molecule has 132 valence electrons. The molecular weight excluding hydrogens is 372 g/mol. The van der Waals surface area contributed by atoms with Crippen LogP contribution in [0, 0.1) is 0 Å². The van der Waals surface area contributed by atoms with Gasteiger partial charge in [-0.05, 0) is 36.4 Å². The molecule has 1 amide bonds. The second kappa shape index (κ2) is 7.49. The van der Waals surface area contributed by atoms with E-state index in [0.29, 0.717) is 17.3 Å². The number of carbonyl (C=O) groups is 1. The zero-order chi connectivity index (χ0) is 18.0. The molecule has 0 saturated carbocycles. The molecule has 8 heteroatoms. The highest BCUT2D eigenvalue weighted by Crippen LogP contribution is 2.38. The van der Waals surface area contributed by atoms with Crippen molar-refractivity contribution in [3.05, 3.63) is 47.0 Å². The Morgan fingerprint density at radius 2 is 2.04 bits per heavy atom. The van der Waals surface area contributed by atoms with Gasteiger partial charge in [0.25, 0.3) is 5.91 Å². The van der Waals surface area contributed by atoms with Crippen molar-refractivity contribution in [3.63, 3.8) is 0 Å². The highest BCUT2D eigenvalue weighted by Gasteiger charge is 2.25. The third kappa shape index (κ3) is 3.82. The van der Waals surface area contributed by atoms with Crippen molar-refractivity contribution in [1.29, 1.82) is 0 Å². The standard InChI is InChI=1S/C17H14ClF2NO3S/c1-23-13-4-2-10(8-14(13)24-17(19)20)16(22)21-6-7-25-15-5-3-11(18)9-12(15)21/h2-5,8-9,17H,6-7H2,1H3. The molecule has 4 nitrogen and oxygen atoms in total. The predicted molar refractivity (Wildman–Crippen MR) is 93.5 cm³/mol. The first-order valence-corrected chi connectivity index (χ1v) is 8.73. The number of fused-ring (bicyclic) bond motifs is 1. The Kier molecular flexibility index (Phi) is 5.34. The number of alkyl halides is 2. The molecule has 0 atom stereocenters. The highest BCUT2D eigenvalue weighted by atomic mass is 35.5. The minimum Gasteiger partial charge on any atom is -0.493 e. The second-order valence-corrected chi connectivity index (χ2v) is 6.73. The zero-order valence-electron chi connectivity index (χ0n) is 13.2. The number of amides is 1. The number of methoxy groups -OCH3 is 1. The van der Waals surface area contributed by atoms with Crippen LogP contribution in [0.5, 0.6) is 11.5 Å². The van der Waals surface area contributed by atoms with Gasteiger partial charge in [-0.1, -0.05) is 11.6 Å². The van der Waals surface area contributed by atoms with Gasteiger partial charge in [0.2, 0.25) is 0 Å². The van der Waals surface area contributed by atoms with Crippen LogP contribution in [-0.2, 0) is 0 Å². The third-order valence-corrected chi connectivity index (χ3v) is 4.93. The molecule has 3 rings (SSSR count). The first-order chi connectivity index (χ1) is 12.0. The fraction of sp³-hybridized carbons (Fsp3) is 0.235. The van der Waals surface area contributed by atoms with Gasteiger partial charge in [-0.25, -0.2) is 0 Å². The Morgan fingerprint density at radius 3 is 2.76 bits per heavy atom. The van der Waals surface area contributed by atoms with E-state index in [2.05, 4.69) is 4.74 Å². The van der Waals surface area contributed by atoms with Gasteiger partial charge in [-0.15, -0.1) is 11.8 Å². The maximum absolute atomic E-state index is 12.9. The average Bonchev–Trinajstić information content (AvgIpc) is 2.60. The summed E-state index contributed by atoms with van der Waals surface area (Å²) in [6, 6.07) is 9.57. The van der Waals surface area contributed by atoms with Crippen molar-refractivity contribution >= 4 is 35.0 Å². The van der Waals surface area contributed by atoms with E-state index in [9.17, 15) is 13.6 Å². The van der Waals surface area contributed by atoms with E-state index < -0.39 is 6.61 Å². The van der Waals surface area contributed by atoms with Crippen LogP contribution >= 0.6 is 23.4 Å². The molecule has 2 aromatic carbocycles. The molecule has 0 aliphatic carbocycles. The monoisotopic (exact) mass is 385 g/mol. The van der Waals surface area contributed by atoms with E-state index in [0.717, 1.165) is 10.6 Å². The zero-order valence-corrected chi connectivity index (χ0v) is 14.7. The van der Waals surface area contributed by atoms with E-state index in [1.165, 1.54) is 25.3 Å². The van der Waals surface area contributed by atoms with Gasteiger partial charge in [0.15, 0.2) is 11.5 Å². The van der Waals surface area contributed by atoms with Crippen LogP contribution in [0.4, 0.5) is 14.5 Å². The number of ether oxygens (including phenoxy) is 2. The molecule has 2 aromatic rings. The van der Waals surface area contributed by atoms with Crippen LogP contribution in [0.15, 0.2) is 41.3 Å². The average molecular weight is 386 g/mol. The molecule has 25 heavy (non-hydrogen) atoms. The van der Waals surface area contributed by atoms with Crippen molar-refractivity contribution < 1.29 is 23.0 Å². The first-order valence-electron chi connectivity index (χ1n) is 7.36. The van der Waals surface area contributed by atoms with Crippen LogP contribution in [0.2, 0.25) is 5.02 Å². The number of rotatable bonds is 4.